The van der Waals surface area contributed by atoms with E-state index in [0.29, 0.717) is 11.6 Å². The number of nitrogens with zero attached hydrogens (tertiary/aromatic N) is 3. The lowest BCUT2D eigenvalue weighted by molar-refractivity contribution is -0.146. The molecule has 2 aromatic rings. The van der Waals surface area contributed by atoms with Crippen molar-refractivity contribution in [1.29, 1.82) is 0 Å². The van der Waals surface area contributed by atoms with Crippen LogP contribution >= 0.6 is 11.6 Å². The van der Waals surface area contributed by atoms with Gasteiger partial charge in [-0.1, -0.05) is 23.7 Å². The van der Waals surface area contributed by atoms with Crippen molar-refractivity contribution in [2.45, 2.75) is 33.2 Å². The third-order valence-corrected chi connectivity index (χ3v) is 4.52. The van der Waals surface area contributed by atoms with E-state index in [1.807, 2.05) is 49.7 Å². The number of aromatic nitrogens is 2. The Morgan fingerprint density at radius 3 is 2.83 bits per heavy atom. The lowest BCUT2D eigenvalue weighted by Crippen LogP contribution is -2.33. The number of benzene rings is 1. The van der Waals surface area contributed by atoms with Crippen LogP contribution in [0, 0.1) is 5.92 Å². The van der Waals surface area contributed by atoms with Crippen molar-refractivity contribution in [3.05, 3.63) is 46.6 Å². The van der Waals surface area contributed by atoms with Gasteiger partial charge in [0, 0.05) is 28.8 Å². The molecule has 0 spiro atoms. The van der Waals surface area contributed by atoms with E-state index in [0.717, 1.165) is 29.2 Å². The van der Waals surface area contributed by atoms with Crippen LogP contribution in [0.25, 0.3) is 0 Å². The first-order valence-corrected chi connectivity index (χ1v) is 8.47. The fourth-order valence-electron chi connectivity index (χ4n) is 3.23. The maximum absolute atomic E-state index is 12.6. The van der Waals surface area contributed by atoms with Gasteiger partial charge in [-0.2, -0.15) is 5.10 Å². The van der Waals surface area contributed by atoms with Gasteiger partial charge in [-0.05, 0) is 38.5 Å². The van der Waals surface area contributed by atoms with Crippen LogP contribution in [0.2, 0.25) is 5.02 Å². The summed E-state index contributed by atoms with van der Waals surface area (Å²) in [6, 6.07) is 7.59. The van der Waals surface area contributed by atoms with Gasteiger partial charge in [0.1, 0.15) is 5.92 Å². The Morgan fingerprint density at radius 2 is 2.17 bits per heavy atom. The summed E-state index contributed by atoms with van der Waals surface area (Å²) >= 11 is 6.18. The first-order valence-electron chi connectivity index (χ1n) is 8.09. The molecule has 5 nitrogen and oxygen atoms in total. The number of carbonyl (C=O) groups is 1. The molecule has 0 N–H and O–H groups in total. The molecule has 1 aliphatic rings. The molecule has 1 aromatic carbocycles. The number of ether oxygens (including phenoxy) is 1. The summed E-state index contributed by atoms with van der Waals surface area (Å²) in [7, 11) is 0. The summed E-state index contributed by atoms with van der Waals surface area (Å²) in [5.41, 5.74) is 2.63. The maximum atomic E-state index is 12.6. The van der Waals surface area contributed by atoms with Crippen LogP contribution in [-0.2, 0) is 16.1 Å². The van der Waals surface area contributed by atoms with E-state index in [9.17, 15) is 4.79 Å². The predicted octanol–water partition coefficient (Wildman–Crippen LogP) is 3.97. The second-order valence-electron chi connectivity index (χ2n) is 5.75. The Labute approximate surface area is 146 Å². The van der Waals surface area contributed by atoms with Crippen LogP contribution in [-0.4, -0.2) is 28.1 Å². The van der Waals surface area contributed by atoms with Gasteiger partial charge in [0.2, 0.25) is 0 Å². The molecular weight excluding hydrogens is 326 g/mol. The molecule has 1 aliphatic heterocycles. The minimum Gasteiger partial charge on any atom is -0.465 e. The summed E-state index contributed by atoms with van der Waals surface area (Å²) in [5, 5.41) is 5.05. The fraction of sp³-hybridized carbons (Fsp3) is 0.389. The molecule has 1 aromatic heterocycles. The minimum absolute atomic E-state index is 0.199. The van der Waals surface area contributed by atoms with Crippen LogP contribution < -0.4 is 0 Å². The molecule has 3 rings (SSSR count). The minimum atomic E-state index is -0.467. The zero-order chi connectivity index (χ0) is 17.3. The molecule has 0 radical (unpaired) electrons. The molecule has 0 saturated heterocycles. The highest BCUT2D eigenvalue weighted by atomic mass is 35.5. The number of aliphatic imine (C=N–C) groups is 1. The monoisotopic (exact) mass is 345 g/mol. The second kappa shape index (κ2) is 6.77. The lowest BCUT2D eigenvalue weighted by atomic mass is 9.77. The van der Waals surface area contributed by atoms with Crippen LogP contribution in [0.1, 0.15) is 37.8 Å². The van der Waals surface area contributed by atoms with Crippen molar-refractivity contribution in [3.8, 4) is 0 Å². The van der Waals surface area contributed by atoms with Crippen molar-refractivity contribution >= 4 is 29.1 Å². The summed E-state index contributed by atoms with van der Waals surface area (Å²) in [6.07, 6.45) is 1.80. The maximum Gasteiger partial charge on any atom is 0.315 e. The largest absolute Gasteiger partial charge is 0.465 e. The van der Waals surface area contributed by atoms with E-state index < -0.39 is 5.92 Å². The number of hydrogen-bond donors (Lipinski definition) is 0. The second-order valence-corrected chi connectivity index (χ2v) is 6.19. The summed E-state index contributed by atoms with van der Waals surface area (Å²) < 4.78 is 7.15. The number of aryl methyl sites for hydroxylation is 1. The standard InChI is InChI=1S/C18H20ClN3O2/c1-4-22-17-14(10-20-22)16(12-7-6-8-13(19)9-12)15(11(3)21-17)18(23)24-5-2/h6-10,15-16H,4-5H2,1-3H3. The van der Waals surface area contributed by atoms with E-state index in [2.05, 4.69) is 10.1 Å². The van der Waals surface area contributed by atoms with Crippen LogP contribution in [0.15, 0.2) is 35.5 Å². The Morgan fingerprint density at radius 1 is 1.38 bits per heavy atom. The van der Waals surface area contributed by atoms with Crippen molar-refractivity contribution in [2.24, 2.45) is 10.9 Å². The number of carbonyl (C=O) groups excluding carboxylic acids is 1. The molecule has 2 heterocycles. The van der Waals surface area contributed by atoms with Crippen LogP contribution in [0.3, 0.4) is 0 Å². The molecule has 0 fully saturated rings. The Kier molecular flexibility index (Phi) is 4.71. The van der Waals surface area contributed by atoms with Gasteiger partial charge in [0.05, 0.1) is 12.8 Å². The molecule has 2 unspecified atom stereocenters. The normalized spacial score (nSPS) is 19.6. The molecule has 0 amide bonds. The first kappa shape index (κ1) is 16.7. The smallest absolute Gasteiger partial charge is 0.315 e. The summed E-state index contributed by atoms with van der Waals surface area (Å²) in [5.74, 6) is -0.125. The molecule has 2 atom stereocenters. The zero-order valence-corrected chi connectivity index (χ0v) is 14.7. The molecule has 0 saturated carbocycles. The quantitative estimate of drug-likeness (QED) is 0.788. The third-order valence-electron chi connectivity index (χ3n) is 4.29. The number of esters is 1. The molecular formula is C18H20ClN3O2. The summed E-state index contributed by atoms with van der Waals surface area (Å²) in [6.45, 7) is 6.76. The zero-order valence-electron chi connectivity index (χ0n) is 14.0. The van der Waals surface area contributed by atoms with E-state index in [1.165, 1.54) is 0 Å². The fourth-order valence-corrected chi connectivity index (χ4v) is 3.43. The Bertz CT molecular complexity index is 797. The Balaban J connectivity index is 2.17. The number of hydrogen-bond acceptors (Lipinski definition) is 4. The molecule has 6 heteroatoms. The van der Waals surface area contributed by atoms with Gasteiger partial charge in [-0.25, -0.2) is 9.67 Å². The van der Waals surface area contributed by atoms with E-state index >= 15 is 0 Å². The average molecular weight is 346 g/mol. The van der Waals surface area contributed by atoms with Crippen LogP contribution in [0.5, 0.6) is 0 Å². The van der Waals surface area contributed by atoms with E-state index in [4.69, 9.17) is 16.3 Å². The van der Waals surface area contributed by atoms with Crippen molar-refractivity contribution in [1.82, 2.24) is 9.78 Å². The highest BCUT2D eigenvalue weighted by Crippen LogP contribution is 2.43. The van der Waals surface area contributed by atoms with Gasteiger partial charge in [0.15, 0.2) is 5.82 Å². The Hall–Kier alpha value is -2.14. The summed E-state index contributed by atoms with van der Waals surface area (Å²) in [4.78, 5) is 17.2. The van der Waals surface area contributed by atoms with Gasteiger partial charge < -0.3 is 4.74 Å². The number of fused-ring (bicyclic) bond motifs is 1. The van der Waals surface area contributed by atoms with Gasteiger partial charge in [-0.15, -0.1) is 0 Å². The highest BCUT2D eigenvalue weighted by molar-refractivity contribution is 6.30. The van der Waals surface area contributed by atoms with Gasteiger partial charge in [0.25, 0.3) is 0 Å². The number of rotatable bonds is 4. The highest BCUT2D eigenvalue weighted by Gasteiger charge is 2.40. The first-order chi connectivity index (χ1) is 11.6. The van der Waals surface area contributed by atoms with E-state index in [1.54, 1.807) is 6.20 Å². The SMILES string of the molecule is CCOC(=O)C1C(C)=Nc2c(cnn2CC)C1c1cccc(Cl)c1. The van der Waals surface area contributed by atoms with E-state index in [-0.39, 0.29) is 11.9 Å². The van der Waals surface area contributed by atoms with Crippen LogP contribution in [0.4, 0.5) is 5.82 Å². The lowest BCUT2D eigenvalue weighted by Gasteiger charge is -2.29. The molecule has 126 valence electrons. The topological polar surface area (TPSA) is 56.5 Å². The number of halogens is 1. The third kappa shape index (κ3) is 2.84. The van der Waals surface area contributed by atoms with Crippen molar-refractivity contribution < 1.29 is 9.53 Å². The van der Waals surface area contributed by atoms with Crippen molar-refractivity contribution in [2.75, 3.05) is 6.61 Å². The molecule has 24 heavy (non-hydrogen) atoms. The molecule has 0 aliphatic carbocycles. The van der Waals surface area contributed by atoms with Gasteiger partial charge >= 0.3 is 5.97 Å². The predicted molar refractivity (Wildman–Crippen MR) is 94.1 cm³/mol. The van der Waals surface area contributed by atoms with Crippen molar-refractivity contribution in [3.63, 3.8) is 0 Å². The average Bonchev–Trinajstić information content (AvgIpc) is 2.96. The molecule has 0 bridgehead atoms. The van der Waals surface area contributed by atoms with Gasteiger partial charge in [-0.3, -0.25) is 4.79 Å².